The Hall–Kier alpha value is -2.24. The van der Waals surface area contributed by atoms with Crippen LogP contribution in [-0.2, 0) is 4.79 Å². The number of carbonyl (C=O) groups is 2. The van der Waals surface area contributed by atoms with Gasteiger partial charge >= 0.3 is 6.03 Å². The van der Waals surface area contributed by atoms with Crippen molar-refractivity contribution >= 4 is 17.6 Å². The fraction of sp³-hybridized carbons (Fsp3) is 0.273. The lowest BCUT2D eigenvalue weighted by atomic mass is 10.2. The number of benzene rings is 1. The Bertz CT molecular complexity index is 432. The minimum Gasteiger partial charge on any atom is -0.495 e. The molecule has 0 aliphatic carbocycles. The summed E-state index contributed by atoms with van der Waals surface area (Å²) in [6, 6.07) is 4.67. The van der Waals surface area contributed by atoms with Crippen molar-refractivity contribution in [2.24, 2.45) is 5.73 Å². The Balaban J connectivity index is 2.65. The largest absolute Gasteiger partial charge is 0.495 e. The van der Waals surface area contributed by atoms with Crippen LogP contribution in [0, 0.1) is 6.92 Å². The molecular formula is C11H15N3O3. The average molecular weight is 237 g/mol. The number of imide groups is 1. The second kappa shape index (κ2) is 5.74. The zero-order chi connectivity index (χ0) is 12.8. The molecule has 0 radical (unpaired) electrons. The van der Waals surface area contributed by atoms with Gasteiger partial charge in [-0.3, -0.25) is 10.1 Å². The summed E-state index contributed by atoms with van der Waals surface area (Å²) in [5.41, 5.74) is 6.54. The van der Waals surface area contributed by atoms with E-state index in [9.17, 15) is 9.59 Å². The maximum Gasteiger partial charge on any atom is 0.318 e. The fourth-order valence-corrected chi connectivity index (χ4v) is 1.32. The van der Waals surface area contributed by atoms with E-state index in [1.54, 1.807) is 13.2 Å². The van der Waals surface area contributed by atoms with E-state index in [4.69, 9.17) is 10.5 Å². The van der Waals surface area contributed by atoms with E-state index in [1.807, 2.05) is 24.4 Å². The molecule has 1 aromatic rings. The number of methoxy groups -OCH3 is 1. The molecule has 0 unspecified atom stereocenters. The topological polar surface area (TPSA) is 93.4 Å². The second-order valence-corrected chi connectivity index (χ2v) is 3.47. The zero-order valence-corrected chi connectivity index (χ0v) is 9.74. The predicted molar refractivity (Wildman–Crippen MR) is 63.9 cm³/mol. The summed E-state index contributed by atoms with van der Waals surface area (Å²) >= 11 is 0. The van der Waals surface area contributed by atoms with Gasteiger partial charge in [-0.2, -0.15) is 0 Å². The average Bonchev–Trinajstić information content (AvgIpc) is 2.25. The van der Waals surface area contributed by atoms with E-state index in [0.29, 0.717) is 11.4 Å². The first-order chi connectivity index (χ1) is 8.02. The highest BCUT2D eigenvalue weighted by molar-refractivity contribution is 5.95. The summed E-state index contributed by atoms with van der Waals surface area (Å²) in [6.07, 6.45) is 0. The number of nitrogens with one attached hydrogen (secondary N) is 2. The van der Waals surface area contributed by atoms with Crippen LogP contribution in [0.2, 0.25) is 0 Å². The van der Waals surface area contributed by atoms with Gasteiger partial charge in [0.1, 0.15) is 5.75 Å². The Labute approximate surface area is 99.1 Å². The lowest BCUT2D eigenvalue weighted by Crippen LogP contribution is -2.38. The van der Waals surface area contributed by atoms with Gasteiger partial charge in [-0.05, 0) is 24.6 Å². The molecular weight excluding hydrogens is 222 g/mol. The summed E-state index contributed by atoms with van der Waals surface area (Å²) < 4.78 is 5.13. The van der Waals surface area contributed by atoms with Crippen molar-refractivity contribution in [3.05, 3.63) is 23.8 Å². The molecule has 92 valence electrons. The molecule has 0 aliphatic heterocycles. The van der Waals surface area contributed by atoms with Crippen LogP contribution in [0.1, 0.15) is 5.56 Å². The van der Waals surface area contributed by atoms with Crippen LogP contribution in [-0.4, -0.2) is 25.6 Å². The molecule has 0 spiro atoms. The standard InChI is InChI=1S/C11H15N3O3/c1-7-3-4-9(17-2)8(5-7)13-6-10(15)14-11(12)16/h3-5,13H,6H2,1-2H3,(H3,12,14,15,16). The minimum atomic E-state index is -0.868. The summed E-state index contributed by atoms with van der Waals surface area (Å²) in [5.74, 6) is 0.128. The quantitative estimate of drug-likeness (QED) is 0.715. The van der Waals surface area contributed by atoms with Crippen LogP contribution >= 0.6 is 0 Å². The van der Waals surface area contributed by atoms with E-state index < -0.39 is 11.9 Å². The number of aryl methyl sites for hydroxylation is 1. The third-order valence-corrected chi connectivity index (χ3v) is 2.06. The second-order valence-electron chi connectivity index (χ2n) is 3.47. The van der Waals surface area contributed by atoms with Crippen molar-refractivity contribution < 1.29 is 14.3 Å². The number of anilines is 1. The van der Waals surface area contributed by atoms with Crippen LogP contribution in [0.15, 0.2) is 18.2 Å². The summed E-state index contributed by atoms with van der Waals surface area (Å²) in [4.78, 5) is 21.6. The number of amides is 3. The smallest absolute Gasteiger partial charge is 0.318 e. The molecule has 0 saturated heterocycles. The number of urea groups is 1. The molecule has 3 amide bonds. The van der Waals surface area contributed by atoms with Crippen molar-refractivity contribution in [2.75, 3.05) is 19.0 Å². The first-order valence-corrected chi connectivity index (χ1v) is 5.00. The Morgan fingerprint density at radius 2 is 2.12 bits per heavy atom. The van der Waals surface area contributed by atoms with E-state index in [1.165, 1.54) is 0 Å². The van der Waals surface area contributed by atoms with Gasteiger partial charge in [-0.1, -0.05) is 6.07 Å². The number of carbonyl (C=O) groups excluding carboxylic acids is 2. The highest BCUT2D eigenvalue weighted by Crippen LogP contribution is 2.24. The van der Waals surface area contributed by atoms with Gasteiger partial charge in [0, 0.05) is 0 Å². The highest BCUT2D eigenvalue weighted by atomic mass is 16.5. The van der Waals surface area contributed by atoms with E-state index in [-0.39, 0.29) is 6.54 Å². The highest BCUT2D eigenvalue weighted by Gasteiger charge is 2.06. The third-order valence-electron chi connectivity index (χ3n) is 2.06. The van der Waals surface area contributed by atoms with Gasteiger partial charge in [-0.15, -0.1) is 0 Å². The first kappa shape index (κ1) is 12.8. The maximum absolute atomic E-state index is 11.2. The number of ether oxygens (including phenoxy) is 1. The van der Waals surface area contributed by atoms with Crippen molar-refractivity contribution in [1.29, 1.82) is 0 Å². The van der Waals surface area contributed by atoms with Gasteiger partial charge in [0.25, 0.3) is 0 Å². The van der Waals surface area contributed by atoms with Crippen molar-refractivity contribution in [3.63, 3.8) is 0 Å². The molecule has 0 saturated carbocycles. The molecule has 0 bridgehead atoms. The van der Waals surface area contributed by atoms with Crippen LogP contribution in [0.4, 0.5) is 10.5 Å². The molecule has 1 aromatic carbocycles. The number of hydrogen-bond donors (Lipinski definition) is 3. The lowest BCUT2D eigenvalue weighted by Gasteiger charge is -2.11. The zero-order valence-electron chi connectivity index (χ0n) is 9.74. The van der Waals surface area contributed by atoms with Gasteiger partial charge in [0.15, 0.2) is 0 Å². The predicted octanol–water partition coefficient (Wildman–Crippen LogP) is 0.610. The van der Waals surface area contributed by atoms with Gasteiger partial charge in [0.2, 0.25) is 5.91 Å². The van der Waals surface area contributed by atoms with Crippen LogP contribution in [0.25, 0.3) is 0 Å². The molecule has 0 aromatic heterocycles. The van der Waals surface area contributed by atoms with Crippen LogP contribution in [0.5, 0.6) is 5.75 Å². The molecule has 0 fully saturated rings. The Morgan fingerprint density at radius 1 is 1.41 bits per heavy atom. The first-order valence-electron chi connectivity index (χ1n) is 5.00. The van der Waals surface area contributed by atoms with Gasteiger partial charge < -0.3 is 15.8 Å². The van der Waals surface area contributed by atoms with Crippen molar-refractivity contribution in [3.8, 4) is 5.75 Å². The Morgan fingerprint density at radius 3 is 2.71 bits per heavy atom. The molecule has 0 atom stereocenters. The number of hydrogen-bond acceptors (Lipinski definition) is 4. The van der Waals surface area contributed by atoms with Crippen molar-refractivity contribution in [1.82, 2.24) is 5.32 Å². The monoisotopic (exact) mass is 237 g/mol. The molecule has 0 aliphatic rings. The lowest BCUT2D eigenvalue weighted by molar-refractivity contribution is -0.118. The fourth-order valence-electron chi connectivity index (χ4n) is 1.32. The van der Waals surface area contributed by atoms with Crippen molar-refractivity contribution in [2.45, 2.75) is 6.92 Å². The third kappa shape index (κ3) is 4.02. The summed E-state index contributed by atoms with van der Waals surface area (Å²) in [7, 11) is 1.54. The van der Waals surface area contributed by atoms with E-state index >= 15 is 0 Å². The summed E-state index contributed by atoms with van der Waals surface area (Å²) in [6.45, 7) is 1.87. The van der Waals surface area contributed by atoms with Gasteiger partial charge in [-0.25, -0.2) is 4.79 Å². The molecule has 6 nitrogen and oxygen atoms in total. The molecule has 17 heavy (non-hydrogen) atoms. The van der Waals surface area contributed by atoms with Crippen LogP contribution < -0.4 is 21.1 Å². The minimum absolute atomic E-state index is 0.0528. The molecule has 6 heteroatoms. The summed E-state index contributed by atoms with van der Waals surface area (Å²) in [5, 5.41) is 4.83. The molecule has 1 rings (SSSR count). The van der Waals surface area contributed by atoms with E-state index in [0.717, 1.165) is 5.56 Å². The number of rotatable bonds is 4. The number of primary amides is 1. The number of nitrogens with two attached hydrogens (primary N) is 1. The molecule has 4 N–H and O–H groups in total. The SMILES string of the molecule is COc1ccc(C)cc1NCC(=O)NC(N)=O. The normalized spacial score (nSPS) is 9.53. The Kier molecular flexibility index (Phi) is 4.33. The molecule has 0 heterocycles. The maximum atomic E-state index is 11.2. The van der Waals surface area contributed by atoms with E-state index in [2.05, 4.69) is 5.32 Å². The van der Waals surface area contributed by atoms with Crippen LogP contribution in [0.3, 0.4) is 0 Å². The van der Waals surface area contributed by atoms with Gasteiger partial charge in [0.05, 0.1) is 19.3 Å².